The van der Waals surface area contributed by atoms with E-state index in [1.54, 1.807) is 0 Å². The normalized spacial score (nSPS) is 27.2. The number of benzene rings is 1. The van der Waals surface area contributed by atoms with Crippen molar-refractivity contribution in [2.45, 2.75) is 19.3 Å². The van der Waals surface area contributed by atoms with Crippen LogP contribution < -0.4 is 5.73 Å². The van der Waals surface area contributed by atoms with Crippen LogP contribution in [0, 0.1) is 5.92 Å². The van der Waals surface area contributed by atoms with Gasteiger partial charge in [-0.1, -0.05) is 24.6 Å². The van der Waals surface area contributed by atoms with Gasteiger partial charge in [0.25, 0.3) is 0 Å². The van der Waals surface area contributed by atoms with E-state index < -0.39 is 0 Å². The van der Waals surface area contributed by atoms with Crippen LogP contribution in [-0.4, -0.2) is 0 Å². The van der Waals surface area contributed by atoms with Crippen molar-refractivity contribution in [1.29, 1.82) is 0 Å². The van der Waals surface area contributed by atoms with E-state index in [1.165, 1.54) is 12.0 Å². The molecule has 1 fully saturated rings. The molecule has 2 atom stereocenters. The lowest BCUT2D eigenvalue weighted by Crippen LogP contribution is -1.89. The van der Waals surface area contributed by atoms with Crippen LogP contribution in [0.4, 0.5) is 5.69 Å². The van der Waals surface area contributed by atoms with Crippen LogP contribution in [0.15, 0.2) is 18.2 Å². The van der Waals surface area contributed by atoms with Crippen molar-refractivity contribution in [3.05, 3.63) is 28.8 Å². The smallest absolute Gasteiger partial charge is 0.0635 e. The zero-order chi connectivity index (χ0) is 8.72. The lowest BCUT2D eigenvalue weighted by molar-refractivity contribution is 0.915. The maximum atomic E-state index is 5.82. The first-order valence-corrected chi connectivity index (χ1v) is 4.61. The zero-order valence-corrected chi connectivity index (χ0v) is 7.81. The van der Waals surface area contributed by atoms with E-state index in [1.807, 2.05) is 12.1 Å². The summed E-state index contributed by atoms with van der Waals surface area (Å²) in [5.74, 6) is 1.55. The standard InChI is InChI=1S/C10H12ClN/c1-6-4-8(6)7-2-3-9(11)10(12)5-7/h2-3,5-6,8H,4,12H2,1H3. The van der Waals surface area contributed by atoms with Crippen LogP contribution in [0.2, 0.25) is 5.02 Å². The Morgan fingerprint density at radius 3 is 2.67 bits per heavy atom. The first kappa shape index (κ1) is 7.93. The van der Waals surface area contributed by atoms with Gasteiger partial charge in [-0.3, -0.25) is 0 Å². The Kier molecular flexibility index (Phi) is 1.76. The summed E-state index contributed by atoms with van der Waals surface area (Å²) in [6, 6.07) is 5.96. The summed E-state index contributed by atoms with van der Waals surface area (Å²) in [6.07, 6.45) is 1.29. The van der Waals surface area contributed by atoms with Crippen LogP contribution in [0.25, 0.3) is 0 Å². The number of halogens is 1. The maximum Gasteiger partial charge on any atom is 0.0635 e. The summed E-state index contributed by atoms with van der Waals surface area (Å²) < 4.78 is 0. The van der Waals surface area contributed by atoms with Gasteiger partial charge in [-0.2, -0.15) is 0 Å². The molecule has 0 heterocycles. The molecular formula is C10H12ClN. The molecule has 0 amide bonds. The van der Waals surface area contributed by atoms with E-state index in [2.05, 4.69) is 13.0 Å². The zero-order valence-electron chi connectivity index (χ0n) is 7.05. The number of anilines is 1. The molecule has 1 nitrogen and oxygen atoms in total. The molecule has 0 saturated heterocycles. The highest BCUT2D eigenvalue weighted by molar-refractivity contribution is 6.33. The Hall–Kier alpha value is -0.690. The van der Waals surface area contributed by atoms with E-state index in [4.69, 9.17) is 17.3 Å². The largest absolute Gasteiger partial charge is 0.398 e. The lowest BCUT2D eigenvalue weighted by atomic mass is 10.1. The Morgan fingerprint density at radius 1 is 1.50 bits per heavy atom. The summed E-state index contributed by atoms with van der Waals surface area (Å²) in [4.78, 5) is 0. The lowest BCUT2D eigenvalue weighted by Gasteiger charge is -2.01. The number of rotatable bonds is 1. The molecule has 0 aliphatic heterocycles. The Balaban J connectivity index is 2.29. The molecule has 64 valence electrons. The van der Waals surface area contributed by atoms with Crippen LogP contribution in [0.3, 0.4) is 0 Å². The van der Waals surface area contributed by atoms with Gasteiger partial charge in [0.15, 0.2) is 0 Å². The Labute approximate surface area is 77.5 Å². The number of hydrogen-bond acceptors (Lipinski definition) is 1. The van der Waals surface area contributed by atoms with Crippen molar-refractivity contribution < 1.29 is 0 Å². The molecule has 1 saturated carbocycles. The quantitative estimate of drug-likeness (QED) is 0.663. The average molecular weight is 182 g/mol. The van der Waals surface area contributed by atoms with E-state index >= 15 is 0 Å². The summed E-state index contributed by atoms with van der Waals surface area (Å²) in [7, 11) is 0. The summed E-state index contributed by atoms with van der Waals surface area (Å²) in [5.41, 5.74) is 7.74. The van der Waals surface area contributed by atoms with E-state index in [0.717, 1.165) is 11.8 Å². The highest BCUT2D eigenvalue weighted by Gasteiger charge is 2.33. The van der Waals surface area contributed by atoms with Gasteiger partial charge < -0.3 is 5.73 Å². The minimum atomic E-state index is 0.659. The fourth-order valence-corrected chi connectivity index (χ4v) is 1.70. The van der Waals surface area contributed by atoms with Crippen molar-refractivity contribution >= 4 is 17.3 Å². The van der Waals surface area contributed by atoms with Crippen molar-refractivity contribution in [2.24, 2.45) is 5.92 Å². The second kappa shape index (κ2) is 2.67. The van der Waals surface area contributed by atoms with Gasteiger partial charge in [-0.25, -0.2) is 0 Å². The van der Waals surface area contributed by atoms with Crippen LogP contribution in [-0.2, 0) is 0 Å². The summed E-state index contributed by atoms with van der Waals surface area (Å²) >= 11 is 5.82. The van der Waals surface area contributed by atoms with Crippen molar-refractivity contribution in [1.82, 2.24) is 0 Å². The molecule has 2 rings (SSSR count). The molecule has 2 heteroatoms. The van der Waals surface area contributed by atoms with Crippen molar-refractivity contribution in [2.75, 3.05) is 5.73 Å². The highest BCUT2D eigenvalue weighted by atomic mass is 35.5. The minimum absolute atomic E-state index is 0.659. The summed E-state index contributed by atoms with van der Waals surface area (Å²) in [6.45, 7) is 2.26. The molecule has 1 aliphatic rings. The van der Waals surface area contributed by atoms with Gasteiger partial charge in [0.2, 0.25) is 0 Å². The van der Waals surface area contributed by atoms with E-state index in [-0.39, 0.29) is 0 Å². The Bertz CT molecular complexity index is 309. The molecule has 1 aliphatic carbocycles. The van der Waals surface area contributed by atoms with Gasteiger partial charge >= 0.3 is 0 Å². The molecule has 0 aromatic heterocycles. The van der Waals surface area contributed by atoms with Gasteiger partial charge in [0.1, 0.15) is 0 Å². The third kappa shape index (κ3) is 1.29. The summed E-state index contributed by atoms with van der Waals surface area (Å²) in [5, 5.41) is 0.659. The second-order valence-corrected chi connectivity index (χ2v) is 4.01. The predicted molar refractivity (Wildman–Crippen MR) is 52.4 cm³/mol. The molecule has 1 aromatic carbocycles. The van der Waals surface area contributed by atoms with E-state index in [0.29, 0.717) is 10.7 Å². The van der Waals surface area contributed by atoms with Crippen LogP contribution in [0.1, 0.15) is 24.8 Å². The molecule has 1 aromatic rings. The maximum absolute atomic E-state index is 5.82. The highest BCUT2D eigenvalue weighted by Crippen LogP contribution is 2.47. The topological polar surface area (TPSA) is 26.0 Å². The van der Waals surface area contributed by atoms with Gasteiger partial charge in [0, 0.05) is 0 Å². The molecule has 2 N–H and O–H groups in total. The fraction of sp³-hybridized carbons (Fsp3) is 0.400. The van der Waals surface area contributed by atoms with Crippen molar-refractivity contribution in [3.8, 4) is 0 Å². The molecule has 0 spiro atoms. The second-order valence-electron chi connectivity index (χ2n) is 3.60. The Morgan fingerprint density at radius 2 is 2.17 bits per heavy atom. The fourth-order valence-electron chi connectivity index (χ4n) is 1.58. The minimum Gasteiger partial charge on any atom is -0.398 e. The van der Waals surface area contributed by atoms with Crippen LogP contribution in [0.5, 0.6) is 0 Å². The molecule has 0 bridgehead atoms. The third-order valence-electron chi connectivity index (χ3n) is 2.56. The monoisotopic (exact) mass is 181 g/mol. The molecular weight excluding hydrogens is 170 g/mol. The van der Waals surface area contributed by atoms with Gasteiger partial charge in [-0.05, 0) is 36.0 Å². The van der Waals surface area contributed by atoms with E-state index in [9.17, 15) is 0 Å². The molecule has 12 heavy (non-hydrogen) atoms. The average Bonchev–Trinajstić information content (AvgIpc) is 2.73. The predicted octanol–water partition coefficient (Wildman–Crippen LogP) is 3.05. The van der Waals surface area contributed by atoms with Gasteiger partial charge in [-0.15, -0.1) is 0 Å². The molecule has 2 unspecified atom stereocenters. The third-order valence-corrected chi connectivity index (χ3v) is 2.90. The van der Waals surface area contributed by atoms with Crippen LogP contribution >= 0.6 is 11.6 Å². The number of nitrogen functional groups attached to an aromatic ring is 1. The van der Waals surface area contributed by atoms with Gasteiger partial charge in [0.05, 0.1) is 10.7 Å². The van der Waals surface area contributed by atoms with Crippen molar-refractivity contribution in [3.63, 3.8) is 0 Å². The molecule has 0 radical (unpaired) electrons. The number of hydrogen-bond donors (Lipinski definition) is 1. The first-order chi connectivity index (χ1) is 5.68. The first-order valence-electron chi connectivity index (χ1n) is 4.23. The number of nitrogens with two attached hydrogens (primary N) is 1. The SMILES string of the molecule is CC1CC1c1ccc(Cl)c(N)c1.